The highest BCUT2D eigenvalue weighted by Crippen LogP contribution is 2.33. The third kappa shape index (κ3) is 2.68. The first-order valence-corrected chi connectivity index (χ1v) is 6.39. The Morgan fingerprint density at radius 2 is 2.18 bits per heavy atom. The summed E-state index contributed by atoms with van der Waals surface area (Å²) in [5, 5.41) is 10.1. The highest BCUT2D eigenvalue weighted by Gasteiger charge is 2.22. The number of hydrogen-bond acceptors (Lipinski definition) is 6. The van der Waals surface area contributed by atoms with Gasteiger partial charge in [0.25, 0.3) is 0 Å². The number of hydrogen-bond donors (Lipinski definition) is 0. The van der Waals surface area contributed by atoms with Crippen molar-refractivity contribution >= 4 is 16.5 Å². The number of nitrogens with zero attached hydrogens (tertiary/aromatic N) is 3. The SMILES string of the molecule is CC(C)Oc1nsc(N2CCOCC2)c1C#N. The van der Waals surface area contributed by atoms with Crippen LogP contribution in [0.15, 0.2) is 0 Å². The Bertz CT molecular complexity index is 419. The first-order valence-electron chi connectivity index (χ1n) is 5.61. The van der Waals surface area contributed by atoms with Gasteiger partial charge < -0.3 is 14.4 Å². The zero-order chi connectivity index (χ0) is 12.3. The van der Waals surface area contributed by atoms with Crippen molar-refractivity contribution in [1.82, 2.24) is 4.37 Å². The molecule has 1 fully saturated rings. The summed E-state index contributed by atoms with van der Waals surface area (Å²) in [6.45, 7) is 6.85. The van der Waals surface area contributed by atoms with Gasteiger partial charge in [-0.1, -0.05) is 0 Å². The summed E-state index contributed by atoms with van der Waals surface area (Å²) in [7, 11) is 0. The highest BCUT2D eigenvalue weighted by atomic mass is 32.1. The quantitative estimate of drug-likeness (QED) is 0.819. The van der Waals surface area contributed by atoms with Crippen molar-refractivity contribution < 1.29 is 9.47 Å². The van der Waals surface area contributed by atoms with Crippen LogP contribution in [0.2, 0.25) is 0 Å². The topological polar surface area (TPSA) is 58.4 Å². The van der Waals surface area contributed by atoms with Crippen LogP contribution in [0.1, 0.15) is 19.4 Å². The fraction of sp³-hybridized carbons (Fsp3) is 0.636. The Morgan fingerprint density at radius 1 is 1.47 bits per heavy atom. The lowest BCUT2D eigenvalue weighted by atomic mass is 10.3. The lowest BCUT2D eigenvalue weighted by molar-refractivity contribution is 0.123. The molecule has 0 saturated carbocycles. The molecule has 0 spiro atoms. The van der Waals surface area contributed by atoms with Crippen LogP contribution >= 0.6 is 11.5 Å². The average Bonchev–Trinajstić information content (AvgIpc) is 2.72. The molecule has 0 aliphatic carbocycles. The van der Waals surface area contributed by atoms with Gasteiger partial charge in [0.15, 0.2) is 5.56 Å². The molecule has 0 aromatic carbocycles. The molecule has 0 unspecified atom stereocenters. The number of morpholine rings is 1. The molecule has 2 heterocycles. The van der Waals surface area contributed by atoms with Crippen LogP contribution in [-0.2, 0) is 4.74 Å². The number of ether oxygens (including phenoxy) is 2. The van der Waals surface area contributed by atoms with Gasteiger partial charge in [0.1, 0.15) is 11.1 Å². The Kier molecular flexibility index (Phi) is 3.82. The standard InChI is InChI=1S/C11H15N3O2S/c1-8(2)16-10-9(7-12)11(17-13-10)14-3-5-15-6-4-14/h8H,3-6H2,1-2H3. The van der Waals surface area contributed by atoms with E-state index in [9.17, 15) is 5.26 Å². The van der Waals surface area contributed by atoms with Gasteiger partial charge in [-0.15, -0.1) is 0 Å². The van der Waals surface area contributed by atoms with E-state index in [4.69, 9.17) is 9.47 Å². The zero-order valence-electron chi connectivity index (χ0n) is 9.97. The first-order chi connectivity index (χ1) is 8.22. The van der Waals surface area contributed by atoms with E-state index in [0.29, 0.717) is 24.7 Å². The van der Waals surface area contributed by atoms with E-state index in [1.807, 2.05) is 13.8 Å². The van der Waals surface area contributed by atoms with E-state index < -0.39 is 0 Å². The number of nitriles is 1. The van der Waals surface area contributed by atoms with Gasteiger partial charge in [-0.25, -0.2) is 0 Å². The second-order valence-electron chi connectivity index (χ2n) is 4.05. The van der Waals surface area contributed by atoms with Crippen LogP contribution in [-0.4, -0.2) is 36.8 Å². The lowest BCUT2D eigenvalue weighted by Gasteiger charge is -2.27. The molecule has 17 heavy (non-hydrogen) atoms. The third-order valence-electron chi connectivity index (χ3n) is 2.40. The zero-order valence-corrected chi connectivity index (χ0v) is 10.8. The van der Waals surface area contributed by atoms with Crippen LogP contribution in [0.3, 0.4) is 0 Å². The summed E-state index contributed by atoms with van der Waals surface area (Å²) >= 11 is 1.32. The molecule has 92 valence electrons. The Morgan fingerprint density at radius 3 is 2.76 bits per heavy atom. The Balaban J connectivity index is 2.22. The molecule has 0 radical (unpaired) electrons. The minimum Gasteiger partial charge on any atom is -0.473 e. The molecule has 1 aromatic rings. The molecule has 1 aromatic heterocycles. The van der Waals surface area contributed by atoms with Crippen LogP contribution in [0.5, 0.6) is 5.88 Å². The molecular weight excluding hydrogens is 238 g/mol. The molecule has 0 N–H and O–H groups in total. The maximum absolute atomic E-state index is 9.21. The van der Waals surface area contributed by atoms with Gasteiger partial charge >= 0.3 is 0 Å². The predicted octanol–water partition coefficient (Wildman–Crippen LogP) is 1.64. The number of rotatable bonds is 3. The molecular formula is C11H15N3O2S. The van der Waals surface area contributed by atoms with Gasteiger partial charge in [0.2, 0.25) is 5.88 Å². The van der Waals surface area contributed by atoms with Crippen molar-refractivity contribution in [1.29, 1.82) is 5.26 Å². The van der Waals surface area contributed by atoms with E-state index in [1.54, 1.807) is 0 Å². The van der Waals surface area contributed by atoms with Crippen molar-refractivity contribution in [3.63, 3.8) is 0 Å². The summed E-state index contributed by atoms with van der Waals surface area (Å²) < 4.78 is 15.0. The first kappa shape index (κ1) is 12.1. The molecule has 1 aliphatic heterocycles. The molecule has 5 nitrogen and oxygen atoms in total. The maximum Gasteiger partial charge on any atom is 0.245 e. The molecule has 0 bridgehead atoms. The van der Waals surface area contributed by atoms with E-state index in [1.165, 1.54) is 11.5 Å². The van der Waals surface area contributed by atoms with Gasteiger partial charge in [-0.3, -0.25) is 0 Å². The third-order valence-corrected chi connectivity index (χ3v) is 3.29. The van der Waals surface area contributed by atoms with E-state index >= 15 is 0 Å². The van der Waals surface area contributed by atoms with Crippen LogP contribution in [0.4, 0.5) is 5.00 Å². The van der Waals surface area contributed by atoms with Gasteiger partial charge in [0.05, 0.1) is 19.3 Å². The fourth-order valence-electron chi connectivity index (χ4n) is 1.65. The maximum atomic E-state index is 9.21. The van der Waals surface area contributed by atoms with Gasteiger partial charge in [-0.2, -0.15) is 9.64 Å². The summed E-state index contributed by atoms with van der Waals surface area (Å²) in [6, 6.07) is 2.19. The predicted molar refractivity (Wildman–Crippen MR) is 65.6 cm³/mol. The Labute approximate surface area is 105 Å². The monoisotopic (exact) mass is 253 g/mol. The van der Waals surface area contributed by atoms with E-state index in [-0.39, 0.29) is 6.10 Å². The number of aromatic nitrogens is 1. The van der Waals surface area contributed by atoms with Crippen molar-refractivity contribution in [3.8, 4) is 11.9 Å². The smallest absolute Gasteiger partial charge is 0.245 e. The normalized spacial score (nSPS) is 16.0. The summed E-state index contributed by atoms with van der Waals surface area (Å²) in [5.41, 5.74) is 0.547. The molecule has 1 saturated heterocycles. The summed E-state index contributed by atoms with van der Waals surface area (Å²) in [5.74, 6) is 0.453. The second-order valence-corrected chi connectivity index (χ2v) is 4.80. The second kappa shape index (κ2) is 5.34. The molecule has 1 aliphatic rings. The molecule has 0 atom stereocenters. The van der Waals surface area contributed by atoms with Crippen molar-refractivity contribution in [2.75, 3.05) is 31.2 Å². The van der Waals surface area contributed by atoms with Crippen LogP contribution in [0, 0.1) is 11.3 Å². The van der Waals surface area contributed by atoms with E-state index in [2.05, 4.69) is 15.3 Å². The molecule has 2 rings (SSSR count). The van der Waals surface area contributed by atoms with Crippen molar-refractivity contribution in [3.05, 3.63) is 5.56 Å². The average molecular weight is 253 g/mol. The van der Waals surface area contributed by atoms with Crippen molar-refractivity contribution in [2.45, 2.75) is 20.0 Å². The molecule has 0 amide bonds. The molecule has 6 heteroatoms. The summed E-state index contributed by atoms with van der Waals surface area (Å²) in [4.78, 5) is 2.13. The highest BCUT2D eigenvalue weighted by molar-refractivity contribution is 7.10. The van der Waals surface area contributed by atoms with Gasteiger partial charge in [0, 0.05) is 13.1 Å². The lowest BCUT2D eigenvalue weighted by Crippen LogP contribution is -2.36. The largest absolute Gasteiger partial charge is 0.473 e. The van der Waals surface area contributed by atoms with Crippen LogP contribution in [0.25, 0.3) is 0 Å². The van der Waals surface area contributed by atoms with E-state index in [0.717, 1.165) is 18.1 Å². The summed E-state index contributed by atoms with van der Waals surface area (Å²) in [6.07, 6.45) is 0.0294. The van der Waals surface area contributed by atoms with Gasteiger partial charge in [-0.05, 0) is 25.4 Å². The van der Waals surface area contributed by atoms with Crippen LogP contribution < -0.4 is 9.64 Å². The Hall–Kier alpha value is -1.32. The minimum absolute atomic E-state index is 0.0294. The number of anilines is 1. The minimum atomic E-state index is 0.0294. The fourth-order valence-corrected chi connectivity index (χ4v) is 2.48. The van der Waals surface area contributed by atoms with Crippen molar-refractivity contribution in [2.24, 2.45) is 0 Å².